The third-order valence-electron chi connectivity index (χ3n) is 4.44. The molecule has 0 aromatic heterocycles. The van der Waals surface area contributed by atoms with Crippen LogP contribution in [0.25, 0.3) is 0 Å². The van der Waals surface area contributed by atoms with E-state index in [1.807, 2.05) is 13.8 Å². The summed E-state index contributed by atoms with van der Waals surface area (Å²) in [6.45, 7) is 13.2. The van der Waals surface area contributed by atoms with Crippen LogP contribution in [0.3, 0.4) is 0 Å². The molecule has 0 radical (unpaired) electrons. The number of hydrogen-bond acceptors (Lipinski definition) is 4. The van der Waals surface area contributed by atoms with Crippen LogP contribution in [-0.2, 0) is 19.1 Å². The third-order valence-corrected chi connectivity index (χ3v) is 4.44. The maximum absolute atomic E-state index is 12.6. The second-order valence-electron chi connectivity index (χ2n) is 7.76. The van der Waals surface area contributed by atoms with E-state index in [0.717, 1.165) is 38.5 Å². The number of carbonyl (C=O) groups excluding carboxylic acids is 2. The zero-order valence-corrected chi connectivity index (χ0v) is 17.3. The van der Waals surface area contributed by atoms with E-state index in [0.29, 0.717) is 25.6 Å². The standard InChI is InChI=1S/C21H40O4/c1-7-9-11-13-24-20(22)18(15-16(3)4)19(17(5)6)21(23)25-14-12-10-8-2/h16-19H,7-15H2,1-6H3. The molecule has 0 aliphatic heterocycles. The minimum atomic E-state index is -0.428. The second-order valence-corrected chi connectivity index (χ2v) is 7.76. The number of esters is 2. The minimum absolute atomic E-state index is 0.0469. The summed E-state index contributed by atoms with van der Waals surface area (Å²) in [6, 6.07) is 0. The van der Waals surface area contributed by atoms with Crippen molar-refractivity contribution in [3.63, 3.8) is 0 Å². The Bertz CT molecular complexity index is 363. The first-order valence-electron chi connectivity index (χ1n) is 10.2. The summed E-state index contributed by atoms with van der Waals surface area (Å²) in [4.78, 5) is 25.3. The molecule has 0 bridgehead atoms. The van der Waals surface area contributed by atoms with Gasteiger partial charge in [0.2, 0.25) is 0 Å². The summed E-state index contributed by atoms with van der Waals surface area (Å²) >= 11 is 0. The average molecular weight is 357 g/mol. The van der Waals surface area contributed by atoms with Crippen molar-refractivity contribution in [1.29, 1.82) is 0 Å². The first-order chi connectivity index (χ1) is 11.8. The van der Waals surface area contributed by atoms with Crippen molar-refractivity contribution in [1.82, 2.24) is 0 Å². The lowest BCUT2D eigenvalue weighted by Crippen LogP contribution is -2.37. The number of ether oxygens (including phenoxy) is 2. The summed E-state index contributed by atoms with van der Waals surface area (Å²) in [5.74, 6) is -0.966. The van der Waals surface area contributed by atoms with Crippen LogP contribution in [0.4, 0.5) is 0 Å². The molecule has 0 aromatic carbocycles. The van der Waals surface area contributed by atoms with Crippen LogP contribution >= 0.6 is 0 Å². The zero-order valence-electron chi connectivity index (χ0n) is 17.3. The average Bonchev–Trinajstić information content (AvgIpc) is 2.54. The Kier molecular flexibility index (Phi) is 13.5. The summed E-state index contributed by atoms with van der Waals surface area (Å²) in [5.41, 5.74) is 0. The number of carbonyl (C=O) groups is 2. The fourth-order valence-corrected chi connectivity index (χ4v) is 3.05. The lowest BCUT2D eigenvalue weighted by atomic mass is 9.79. The second kappa shape index (κ2) is 14.1. The highest BCUT2D eigenvalue weighted by atomic mass is 16.5. The van der Waals surface area contributed by atoms with E-state index in [-0.39, 0.29) is 17.9 Å². The molecule has 0 spiro atoms. The van der Waals surface area contributed by atoms with E-state index >= 15 is 0 Å². The summed E-state index contributed by atoms with van der Waals surface area (Å²) in [5, 5.41) is 0. The molecule has 0 fully saturated rings. The van der Waals surface area contributed by atoms with Crippen molar-refractivity contribution in [3.05, 3.63) is 0 Å². The van der Waals surface area contributed by atoms with Crippen LogP contribution in [0, 0.1) is 23.7 Å². The number of rotatable bonds is 14. The van der Waals surface area contributed by atoms with E-state index in [2.05, 4.69) is 27.7 Å². The molecule has 2 atom stereocenters. The van der Waals surface area contributed by atoms with E-state index in [1.165, 1.54) is 0 Å². The molecule has 0 rings (SSSR count). The van der Waals surface area contributed by atoms with Gasteiger partial charge in [-0.3, -0.25) is 9.59 Å². The Morgan fingerprint density at radius 2 is 1.24 bits per heavy atom. The van der Waals surface area contributed by atoms with E-state index in [1.54, 1.807) is 0 Å². The SMILES string of the molecule is CCCCCOC(=O)C(CC(C)C)C(C(=O)OCCCCC)C(C)C. The Labute approximate surface area is 155 Å². The molecule has 0 heterocycles. The van der Waals surface area contributed by atoms with Gasteiger partial charge in [0.15, 0.2) is 0 Å². The van der Waals surface area contributed by atoms with Crippen molar-refractivity contribution in [2.24, 2.45) is 23.7 Å². The summed E-state index contributed by atoms with van der Waals surface area (Å²) in [6.07, 6.45) is 6.69. The lowest BCUT2D eigenvalue weighted by molar-refractivity contribution is -0.163. The molecule has 148 valence electrons. The predicted molar refractivity (Wildman–Crippen MR) is 102 cm³/mol. The Morgan fingerprint density at radius 3 is 1.64 bits per heavy atom. The molecule has 0 aliphatic rings. The molecule has 4 nitrogen and oxygen atoms in total. The van der Waals surface area contributed by atoms with Gasteiger partial charge in [-0.05, 0) is 31.1 Å². The molecule has 0 aliphatic carbocycles. The van der Waals surface area contributed by atoms with Gasteiger partial charge >= 0.3 is 11.9 Å². The summed E-state index contributed by atoms with van der Waals surface area (Å²) in [7, 11) is 0. The van der Waals surface area contributed by atoms with Gasteiger partial charge in [0, 0.05) is 0 Å². The number of hydrogen-bond donors (Lipinski definition) is 0. The van der Waals surface area contributed by atoms with Gasteiger partial charge in [0.05, 0.1) is 25.0 Å². The summed E-state index contributed by atoms with van der Waals surface area (Å²) < 4.78 is 11.0. The largest absolute Gasteiger partial charge is 0.465 e. The maximum Gasteiger partial charge on any atom is 0.310 e. The van der Waals surface area contributed by atoms with Gasteiger partial charge in [-0.2, -0.15) is 0 Å². The lowest BCUT2D eigenvalue weighted by Gasteiger charge is -2.28. The van der Waals surface area contributed by atoms with Crippen LogP contribution in [0.1, 0.15) is 86.5 Å². The molecule has 4 heteroatoms. The quantitative estimate of drug-likeness (QED) is 0.309. The van der Waals surface area contributed by atoms with Gasteiger partial charge < -0.3 is 9.47 Å². The highest BCUT2D eigenvalue weighted by Crippen LogP contribution is 2.29. The zero-order chi connectivity index (χ0) is 19.2. The molecule has 0 saturated carbocycles. The van der Waals surface area contributed by atoms with Crippen LogP contribution < -0.4 is 0 Å². The van der Waals surface area contributed by atoms with Crippen molar-refractivity contribution in [2.75, 3.05) is 13.2 Å². The molecule has 0 saturated heterocycles. The normalized spacial score (nSPS) is 13.8. The maximum atomic E-state index is 12.6. The molecular weight excluding hydrogens is 316 g/mol. The highest BCUT2D eigenvalue weighted by Gasteiger charge is 2.38. The Morgan fingerprint density at radius 1 is 0.760 bits per heavy atom. The van der Waals surface area contributed by atoms with Crippen molar-refractivity contribution < 1.29 is 19.1 Å². The van der Waals surface area contributed by atoms with Crippen molar-refractivity contribution in [2.45, 2.75) is 86.5 Å². The Hall–Kier alpha value is -1.06. The first kappa shape index (κ1) is 23.9. The fourth-order valence-electron chi connectivity index (χ4n) is 3.05. The molecule has 0 amide bonds. The van der Waals surface area contributed by atoms with Gasteiger partial charge in [-0.1, -0.05) is 67.2 Å². The third kappa shape index (κ3) is 10.5. The number of unbranched alkanes of at least 4 members (excludes halogenated alkanes) is 4. The monoisotopic (exact) mass is 356 g/mol. The van der Waals surface area contributed by atoms with E-state index in [9.17, 15) is 9.59 Å². The highest BCUT2D eigenvalue weighted by molar-refractivity contribution is 5.82. The van der Waals surface area contributed by atoms with Gasteiger partial charge in [0.25, 0.3) is 0 Å². The van der Waals surface area contributed by atoms with Crippen LogP contribution in [0.15, 0.2) is 0 Å². The van der Waals surface area contributed by atoms with Crippen molar-refractivity contribution in [3.8, 4) is 0 Å². The van der Waals surface area contributed by atoms with Gasteiger partial charge in [-0.25, -0.2) is 0 Å². The first-order valence-corrected chi connectivity index (χ1v) is 10.2. The molecule has 2 unspecified atom stereocenters. The molecule has 0 N–H and O–H groups in total. The molecular formula is C21H40O4. The smallest absolute Gasteiger partial charge is 0.310 e. The van der Waals surface area contributed by atoms with Gasteiger partial charge in [-0.15, -0.1) is 0 Å². The molecule has 0 aromatic rings. The van der Waals surface area contributed by atoms with Crippen LogP contribution in [-0.4, -0.2) is 25.2 Å². The van der Waals surface area contributed by atoms with E-state index < -0.39 is 11.8 Å². The molecule has 25 heavy (non-hydrogen) atoms. The van der Waals surface area contributed by atoms with Crippen LogP contribution in [0.5, 0.6) is 0 Å². The Balaban J connectivity index is 4.92. The topological polar surface area (TPSA) is 52.6 Å². The van der Waals surface area contributed by atoms with Gasteiger partial charge in [0.1, 0.15) is 0 Å². The van der Waals surface area contributed by atoms with Crippen molar-refractivity contribution >= 4 is 11.9 Å². The fraction of sp³-hybridized carbons (Fsp3) is 0.905. The van der Waals surface area contributed by atoms with E-state index in [4.69, 9.17) is 9.47 Å². The van der Waals surface area contributed by atoms with Crippen LogP contribution in [0.2, 0.25) is 0 Å². The minimum Gasteiger partial charge on any atom is -0.465 e. The predicted octanol–water partition coefficient (Wildman–Crippen LogP) is 5.39.